The summed E-state index contributed by atoms with van der Waals surface area (Å²) in [7, 11) is 0. The van der Waals surface area contributed by atoms with Crippen molar-refractivity contribution in [2.75, 3.05) is 23.4 Å². The van der Waals surface area contributed by atoms with Gasteiger partial charge in [0.25, 0.3) is 0 Å². The summed E-state index contributed by atoms with van der Waals surface area (Å²) in [6.07, 6.45) is 1.53. The Balaban J connectivity index is 1.28. The molecule has 0 aliphatic rings. The molecule has 0 unspecified atom stereocenters. The van der Waals surface area contributed by atoms with Crippen LogP contribution in [0.4, 0.5) is 10.1 Å². The lowest BCUT2D eigenvalue weighted by Crippen LogP contribution is -2.27. The van der Waals surface area contributed by atoms with Gasteiger partial charge in [-0.25, -0.2) is 9.37 Å². The van der Waals surface area contributed by atoms with Gasteiger partial charge in [-0.05, 0) is 42.8 Å². The minimum atomic E-state index is -0.357. The monoisotopic (exact) mass is 400 g/mol. The van der Waals surface area contributed by atoms with Crippen LogP contribution in [-0.2, 0) is 16.0 Å². The molecule has 0 bridgehead atoms. The van der Waals surface area contributed by atoms with Gasteiger partial charge in [0.1, 0.15) is 11.6 Å². The van der Waals surface area contributed by atoms with E-state index in [2.05, 4.69) is 20.6 Å². The van der Waals surface area contributed by atoms with E-state index >= 15 is 0 Å². The van der Waals surface area contributed by atoms with Crippen molar-refractivity contribution in [3.05, 3.63) is 60.2 Å². The van der Waals surface area contributed by atoms with Gasteiger partial charge in [-0.15, -0.1) is 11.8 Å². The second-order valence-corrected chi connectivity index (χ2v) is 7.19. The molecule has 0 saturated heterocycles. The number of nitrogens with one attached hydrogen (secondary N) is 3. The zero-order chi connectivity index (χ0) is 19.8. The molecule has 0 fully saturated rings. The number of para-hydroxylation sites is 2. The number of imidazole rings is 1. The molecule has 0 aliphatic heterocycles. The molecular weight excluding hydrogens is 379 g/mol. The van der Waals surface area contributed by atoms with Crippen LogP contribution in [0.25, 0.3) is 11.0 Å². The third-order valence-electron chi connectivity index (χ3n) is 3.95. The summed E-state index contributed by atoms with van der Waals surface area (Å²) in [4.78, 5) is 31.4. The number of benzene rings is 2. The molecule has 0 saturated carbocycles. The number of halogens is 1. The van der Waals surface area contributed by atoms with Gasteiger partial charge in [0.15, 0.2) is 0 Å². The number of hydrogen-bond donors (Lipinski definition) is 3. The number of carbonyl (C=O) groups excluding carboxylic acids is 2. The summed E-state index contributed by atoms with van der Waals surface area (Å²) >= 11 is 1.23. The number of aromatic nitrogens is 2. The number of amides is 2. The van der Waals surface area contributed by atoms with Gasteiger partial charge < -0.3 is 15.6 Å². The maximum Gasteiger partial charge on any atom is 0.234 e. The lowest BCUT2D eigenvalue weighted by atomic mass is 10.3. The topological polar surface area (TPSA) is 86.9 Å². The van der Waals surface area contributed by atoms with Gasteiger partial charge in [-0.3, -0.25) is 9.59 Å². The van der Waals surface area contributed by atoms with Gasteiger partial charge >= 0.3 is 0 Å². The molecule has 146 valence electrons. The highest BCUT2D eigenvalue weighted by atomic mass is 32.2. The summed E-state index contributed by atoms with van der Waals surface area (Å²) in [5, 5.41) is 5.50. The van der Waals surface area contributed by atoms with Crippen molar-refractivity contribution < 1.29 is 14.0 Å². The quantitative estimate of drug-likeness (QED) is 0.482. The highest BCUT2D eigenvalue weighted by Gasteiger charge is 2.07. The number of aryl methyl sites for hydroxylation is 1. The Kier molecular flexibility index (Phi) is 7.02. The Morgan fingerprint density at radius 2 is 1.79 bits per heavy atom. The molecule has 0 radical (unpaired) electrons. The van der Waals surface area contributed by atoms with Gasteiger partial charge in [0.2, 0.25) is 11.8 Å². The van der Waals surface area contributed by atoms with Gasteiger partial charge in [0.05, 0.1) is 22.5 Å². The second-order valence-electron chi connectivity index (χ2n) is 6.20. The van der Waals surface area contributed by atoms with Gasteiger partial charge in [-0.1, -0.05) is 12.1 Å². The average molecular weight is 400 g/mol. The number of H-pyrrole nitrogens is 1. The zero-order valence-corrected chi connectivity index (χ0v) is 16.0. The van der Waals surface area contributed by atoms with Crippen LogP contribution in [0.2, 0.25) is 0 Å². The van der Waals surface area contributed by atoms with Crippen molar-refractivity contribution in [2.45, 2.75) is 12.8 Å². The lowest BCUT2D eigenvalue weighted by Gasteiger charge is -2.06. The molecule has 3 N–H and O–H groups in total. The predicted octanol–water partition coefficient (Wildman–Crippen LogP) is 3.12. The molecule has 3 rings (SSSR count). The van der Waals surface area contributed by atoms with E-state index < -0.39 is 0 Å². The van der Waals surface area contributed by atoms with E-state index in [0.717, 1.165) is 29.7 Å². The Hall–Kier alpha value is -2.87. The third-order valence-corrected chi connectivity index (χ3v) is 4.88. The molecular formula is C20H21FN4O2S. The van der Waals surface area contributed by atoms with E-state index in [1.54, 1.807) is 0 Å². The minimum Gasteiger partial charge on any atom is -0.355 e. The first-order chi connectivity index (χ1) is 13.6. The number of anilines is 1. The Bertz CT molecular complexity index is 910. The number of aromatic amines is 1. The zero-order valence-electron chi connectivity index (χ0n) is 15.2. The number of fused-ring (bicyclic) bond motifs is 1. The van der Waals surface area contributed by atoms with Crippen LogP contribution in [0.5, 0.6) is 0 Å². The van der Waals surface area contributed by atoms with Crippen molar-refractivity contribution >= 4 is 40.3 Å². The number of hydrogen-bond acceptors (Lipinski definition) is 4. The molecule has 2 amide bonds. The minimum absolute atomic E-state index is 0.107. The third kappa shape index (κ3) is 6.09. The highest BCUT2D eigenvalue weighted by Crippen LogP contribution is 2.11. The summed E-state index contributed by atoms with van der Waals surface area (Å²) in [5.74, 6) is 0.579. The summed E-state index contributed by atoms with van der Waals surface area (Å²) in [5.41, 5.74) is 2.48. The number of nitrogens with zero attached hydrogens (tertiary/aromatic N) is 1. The van der Waals surface area contributed by atoms with Crippen LogP contribution in [0.1, 0.15) is 12.2 Å². The molecule has 2 aromatic carbocycles. The van der Waals surface area contributed by atoms with E-state index in [1.807, 2.05) is 24.3 Å². The highest BCUT2D eigenvalue weighted by molar-refractivity contribution is 8.00. The van der Waals surface area contributed by atoms with Crippen molar-refractivity contribution in [1.29, 1.82) is 0 Å². The smallest absolute Gasteiger partial charge is 0.234 e. The lowest BCUT2D eigenvalue weighted by molar-refractivity contribution is -0.118. The summed E-state index contributed by atoms with van der Waals surface area (Å²) < 4.78 is 12.8. The average Bonchev–Trinajstić information content (AvgIpc) is 3.10. The van der Waals surface area contributed by atoms with Crippen molar-refractivity contribution in [2.24, 2.45) is 0 Å². The Labute approximate surface area is 166 Å². The van der Waals surface area contributed by atoms with Crippen LogP contribution in [0.15, 0.2) is 48.5 Å². The van der Waals surface area contributed by atoms with E-state index in [1.165, 1.54) is 36.0 Å². The molecule has 0 spiro atoms. The van der Waals surface area contributed by atoms with E-state index in [-0.39, 0.29) is 29.1 Å². The normalized spacial score (nSPS) is 10.8. The van der Waals surface area contributed by atoms with Gasteiger partial charge in [-0.2, -0.15) is 0 Å². The van der Waals surface area contributed by atoms with E-state index in [0.29, 0.717) is 12.2 Å². The first kappa shape index (κ1) is 19.9. The maximum atomic E-state index is 12.8. The molecule has 28 heavy (non-hydrogen) atoms. The number of carbonyl (C=O) groups is 2. The van der Waals surface area contributed by atoms with E-state index in [4.69, 9.17) is 0 Å². The molecule has 1 aromatic heterocycles. The van der Waals surface area contributed by atoms with Crippen molar-refractivity contribution in [3.63, 3.8) is 0 Å². The second kappa shape index (κ2) is 9.89. The molecule has 3 aromatic rings. The van der Waals surface area contributed by atoms with Crippen LogP contribution in [0, 0.1) is 5.82 Å². The van der Waals surface area contributed by atoms with Crippen molar-refractivity contribution in [1.82, 2.24) is 15.3 Å². The fourth-order valence-corrected chi connectivity index (χ4v) is 3.27. The first-order valence-electron chi connectivity index (χ1n) is 8.93. The summed E-state index contributed by atoms with van der Waals surface area (Å²) in [6, 6.07) is 13.4. The summed E-state index contributed by atoms with van der Waals surface area (Å²) in [6.45, 7) is 0.554. The molecule has 0 atom stereocenters. The Morgan fingerprint density at radius 3 is 2.57 bits per heavy atom. The fraction of sp³-hybridized carbons (Fsp3) is 0.250. The largest absolute Gasteiger partial charge is 0.355 e. The predicted molar refractivity (Wildman–Crippen MR) is 110 cm³/mol. The first-order valence-corrected chi connectivity index (χ1v) is 10.1. The van der Waals surface area contributed by atoms with Crippen LogP contribution in [-0.4, -0.2) is 39.8 Å². The standard InChI is InChI=1S/C20H21FN4O2S/c21-14-7-9-15(10-8-14)23-20(27)13-28-12-19(26)22-11-3-6-18-24-16-4-1-2-5-17(16)25-18/h1-2,4-5,7-10H,3,6,11-13H2,(H,22,26)(H,23,27)(H,24,25). The maximum absolute atomic E-state index is 12.8. The number of thioether (sulfide) groups is 1. The van der Waals surface area contributed by atoms with Crippen LogP contribution < -0.4 is 10.6 Å². The molecule has 8 heteroatoms. The van der Waals surface area contributed by atoms with Crippen LogP contribution in [0.3, 0.4) is 0 Å². The molecule has 6 nitrogen and oxygen atoms in total. The molecule has 1 heterocycles. The van der Waals surface area contributed by atoms with Gasteiger partial charge in [0, 0.05) is 18.7 Å². The van der Waals surface area contributed by atoms with Crippen LogP contribution >= 0.6 is 11.8 Å². The Morgan fingerprint density at radius 1 is 1.04 bits per heavy atom. The number of rotatable bonds is 9. The van der Waals surface area contributed by atoms with E-state index in [9.17, 15) is 14.0 Å². The molecule has 0 aliphatic carbocycles. The van der Waals surface area contributed by atoms with Crippen molar-refractivity contribution in [3.8, 4) is 0 Å². The fourth-order valence-electron chi connectivity index (χ4n) is 2.63. The SMILES string of the molecule is O=C(CSCC(=O)Nc1ccc(F)cc1)NCCCc1nc2ccccc2[nH]1.